The number of carbonyl (C=O) groups is 1. The molecule has 2 aromatic rings. The summed E-state index contributed by atoms with van der Waals surface area (Å²) in [7, 11) is 0. The van der Waals surface area contributed by atoms with E-state index in [1.54, 1.807) is 16.8 Å². The van der Waals surface area contributed by atoms with Gasteiger partial charge in [-0.15, -0.1) is 0 Å². The number of nitrogens with zero attached hydrogens (tertiary/aromatic N) is 3. The summed E-state index contributed by atoms with van der Waals surface area (Å²) in [6, 6.07) is 5.43. The molecule has 23 heavy (non-hydrogen) atoms. The first-order valence-electron chi connectivity index (χ1n) is 7.64. The molecule has 0 radical (unpaired) electrons. The normalized spacial score (nSPS) is 13.0. The van der Waals surface area contributed by atoms with E-state index < -0.39 is 6.10 Å². The van der Waals surface area contributed by atoms with Crippen LogP contribution in [0.2, 0.25) is 0 Å². The molecule has 0 bridgehead atoms. The van der Waals surface area contributed by atoms with Crippen LogP contribution in [-0.2, 0) is 0 Å². The number of aliphatic hydroxyl groups is 1. The Bertz CT molecular complexity index is 684. The number of rotatable bonds is 4. The predicted molar refractivity (Wildman–Crippen MR) is 88.6 cm³/mol. The van der Waals surface area contributed by atoms with Crippen LogP contribution >= 0.6 is 0 Å². The molecule has 0 aliphatic carbocycles. The van der Waals surface area contributed by atoms with Gasteiger partial charge in [0.1, 0.15) is 0 Å². The van der Waals surface area contributed by atoms with Gasteiger partial charge >= 0.3 is 0 Å². The van der Waals surface area contributed by atoms with E-state index in [0.29, 0.717) is 11.4 Å². The van der Waals surface area contributed by atoms with E-state index in [4.69, 9.17) is 0 Å². The van der Waals surface area contributed by atoms with Crippen molar-refractivity contribution in [3.63, 3.8) is 0 Å². The maximum atomic E-state index is 12.1. The molecular weight excluding hydrogens is 292 g/mol. The largest absolute Gasteiger partial charge is 0.391 e. The molecule has 0 aliphatic rings. The summed E-state index contributed by atoms with van der Waals surface area (Å²) >= 11 is 0. The molecule has 0 aromatic carbocycles. The second kappa shape index (κ2) is 6.50. The third-order valence-electron chi connectivity index (χ3n) is 3.69. The standard InChI is InChI=1S/C17H24N4O2/c1-11-8-12(2)21(20-11)15-7-6-13(9-18-15)16(23)19-10-14(22)17(3,4)5/h6-9,14,22H,10H2,1-5H3,(H,19,23). The Labute approximate surface area is 136 Å². The zero-order valence-electron chi connectivity index (χ0n) is 14.3. The number of aryl methyl sites for hydroxylation is 2. The number of carbonyl (C=O) groups excluding carboxylic acids is 1. The lowest BCUT2D eigenvalue weighted by Crippen LogP contribution is -2.39. The third-order valence-corrected chi connectivity index (χ3v) is 3.69. The van der Waals surface area contributed by atoms with Gasteiger partial charge in [-0.25, -0.2) is 9.67 Å². The highest BCUT2D eigenvalue weighted by atomic mass is 16.3. The van der Waals surface area contributed by atoms with Crippen molar-refractivity contribution in [2.75, 3.05) is 6.54 Å². The fourth-order valence-electron chi connectivity index (χ4n) is 2.10. The summed E-state index contributed by atoms with van der Waals surface area (Å²) in [5, 5.41) is 17.1. The highest BCUT2D eigenvalue weighted by Crippen LogP contribution is 2.18. The lowest BCUT2D eigenvalue weighted by molar-refractivity contribution is 0.0587. The van der Waals surface area contributed by atoms with Gasteiger partial charge in [0.05, 0.1) is 17.4 Å². The van der Waals surface area contributed by atoms with Gasteiger partial charge in [0, 0.05) is 18.4 Å². The number of aliphatic hydroxyl groups excluding tert-OH is 1. The maximum Gasteiger partial charge on any atom is 0.252 e. The molecule has 0 saturated heterocycles. The average molecular weight is 316 g/mol. The first-order chi connectivity index (χ1) is 10.7. The summed E-state index contributed by atoms with van der Waals surface area (Å²) in [5.74, 6) is 0.419. The summed E-state index contributed by atoms with van der Waals surface area (Å²) in [5.41, 5.74) is 2.09. The van der Waals surface area contributed by atoms with E-state index in [0.717, 1.165) is 11.4 Å². The summed E-state index contributed by atoms with van der Waals surface area (Å²) in [6.07, 6.45) is 0.915. The van der Waals surface area contributed by atoms with Crippen LogP contribution < -0.4 is 5.32 Å². The quantitative estimate of drug-likeness (QED) is 0.904. The Kier molecular flexibility index (Phi) is 4.85. The van der Waals surface area contributed by atoms with Crippen LogP contribution in [0, 0.1) is 19.3 Å². The summed E-state index contributed by atoms with van der Waals surface area (Å²) in [6.45, 7) is 9.86. The molecule has 0 aliphatic heterocycles. The van der Waals surface area contributed by atoms with Gasteiger partial charge in [-0.2, -0.15) is 5.10 Å². The zero-order chi connectivity index (χ0) is 17.2. The van der Waals surface area contributed by atoms with Crippen molar-refractivity contribution in [2.24, 2.45) is 5.41 Å². The Morgan fingerprint density at radius 3 is 2.52 bits per heavy atom. The SMILES string of the molecule is Cc1cc(C)n(-c2ccc(C(=O)NCC(O)C(C)(C)C)cn2)n1. The van der Waals surface area contributed by atoms with Crippen LogP contribution in [0.15, 0.2) is 24.4 Å². The molecule has 1 amide bonds. The third kappa shape index (κ3) is 4.16. The second-order valence-electron chi connectivity index (χ2n) is 6.84. The highest BCUT2D eigenvalue weighted by molar-refractivity contribution is 5.93. The van der Waals surface area contributed by atoms with Crippen molar-refractivity contribution in [3.8, 4) is 5.82 Å². The molecule has 1 atom stereocenters. The van der Waals surface area contributed by atoms with Crippen LogP contribution in [0.3, 0.4) is 0 Å². The van der Waals surface area contributed by atoms with Crippen molar-refractivity contribution >= 4 is 5.91 Å². The van der Waals surface area contributed by atoms with Crippen molar-refractivity contribution in [1.29, 1.82) is 0 Å². The maximum absolute atomic E-state index is 12.1. The fourth-order valence-corrected chi connectivity index (χ4v) is 2.10. The molecule has 1 unspecified atom stereocenters. The minimum absolute atomic E-state index is 0.210. The van der Waals surface area contributed by atoms with Crippen LogP contribution in [0.25, 0.3) is 5.82 Å². The molecule has 6 nitrogen and oxygen atoms in total. The van der Waals surface area contributed by atoms with Crippen LogP contribution in [0.5, 0.6) is 0 Å². The number of amides is 1. The van der Waals surface area contributed by atoms with Gasteiger partial charge < -0.3 is 10.4 Å². The first-order valence-corrected chi connectivity index (χ1v) is 7.64. The molecule has 2 N–H and O–H groups in total. The van der Waals surface area contributed by atoms with Crippen molar-refractivity contribution < 1.29 is 9.90 Å². The number of pyridine rings is 1. The van der Waals surface area contributed by atoms with Crippen LogP contribution in [-0.4, -0.2) is 38.4 Å². The zero-order valence-corrected chi connectivity index (χ0v) is 14.3. The molecule has 6 heteroatoms. The van der Waals surface area contributed by atoms with E-state index >= 15 is 0 Å². The van der Waals surface area contributed by atoms with E-state index in [1.165, 1.54) is 6.20 Å². The fraction of sp³-hybridized carbons (Fsp3) is 0.471. The highest BCUT2D eigenvalue weighted by Gasteiger charge is 2.22. The lowest BCUT2D eigenvalue weighted by atomic mass is 9.89. The van der Waals surface area contributed by atoms with E-state index in [9.17, 15) is 9.90 Å². The van der Waals surface area contributed by atoms with E-state index in [-0.39, 0.29) is 17.9 Å². The second-order valence-corrected chi connectivity index (χ2v) is 6.84. The monoisotopic (exact) mass is 316 g/mol. The predicted octanol–water partition coefficient (Wildman–Crippen LogP) is 2.02. The Balaban J connectivity index is 2.05. The van der Waals surface area contributed by atoms with Gasteiger partial charge in [0.25, 0.3) is 5.91 Å². The lowest BCUT2D eigenvalue weighted by Gasteiger charge is -2.25. The van der Waals surface area contributed by atoms with E-state index in [1.807, 2.05) is 40.7 Å². The molecule has 0 spiro atoms. The van der Waals surface area contributed by atoms with Crippen molar-refractivity contribution in [3.05, 3.63) is 41.3 Å². The number of hydrogen-bond donors (Lipinski definition) is 2. The van der Waals surface area contributed by atoms with Crippen LogP contribution in [0.4, 0.5) is 0 Å². The minimum Gasteiger partial charge on any atom is -0.391 e. The molecule has 2 aromatic heterocycles. The number of nitrogens with one attached hydrogen (secondary N) is 1. The smallest absolute Gasteiger partial charge is 0.252 e. The van der Waals surface area contributed by atoms with Gasteiger partial charge in [0.15, 0.2) is 5.82 Å². The molecule has 0 saturated carbocycles. The number of aromatic nitrogens is 3. The average Bonchev–Trinajstić information content (AvgIpc) is 2.82. The molecule has 124 valence electrons. The molecule has 2 rings (SSSR count). The Morgan fingerprint density at radius 2 is 2.04 bits per heavy atom. The van der Waals surface area contributed by atoms with Gasteiger partial charge in [0.2, 0.25) is 0 Å². The van der Waals surface area contributed by atoms with Gasteiger partial charge in [-0.1, -0.05) is 20.8 Å². The Morgan fingerprint density at radius 1 is 1.35 bits per heavy atom. The molecule has 2 heterocycles. The van der Waals surface area contributed by atoms with Crippen molar-refractivity contribution in [1.82, 2.24) is 20.1 Å². The minimum atomic E-state index is -0.603. The van der Waals surface area contributed by atoms with Crippen molar-refractivity contribution in [2.45, 2.75) is 40.7 Å². The first kappa shape index (κ1) is 17.1. The van der Waals surface area contributed by atoms with Gasteiger partial charge in [-0.3, -0.25) is 4.79 Å². The summed E-state index contributed by atoms with van der Waals surface area (Å²) in [4.78, 5) is 16.4. The molecular formula is C17H24N4O2. The van der Waals surface area contributed by atoms with Crippen LogP contribution in [0.1, 0.15) is 42.5 Å². The molecule has 0 fully saturated rings. The number of hydrogen-bond acceptors (Lipinski definition) is 4. The van der Waals surface area contributed by atoms with E-state index in [2.05, 4.69) is 15.4 Å². The van der Waals surface area contributed by atoms with Gasteiger partial charge in [-0.05, 0) is 37.5 Å². The summed E-state index contributed by atoms with van der Waals surface area (Å²) < 4.78 is 1.74. The topological polar surface area (TPSA) is 80.0 Å². The Hall–Kier alpha value is -2.21.